The van der Waals surface area contributed by atoms with Crippen molar-refractivity contribution in [2.24, 2.45) is 0 Å². The number of carbonyl (C=O) groups excluding carboxylic acids is 3. The van der Waals surface area contributed by atoms with E-state index in [2.05, 4.69) is 5.32 Å². The molecule has 4 rings (SSSR count). The molecule has 2 aromatic rings. The van der Waals surface area contributed by atoms with Gasteiger partial charge in [-0.2, -0.15) is 0 Å². The highest BCUT2D eigenvalue weighted by Gasteiger charge is 2.37. The zero-order chi connectivity index (χ0) is 19.7. The molecule has 0 aromatic heterocycles. The van der Waals surface area contributed by atoms with E-state index < -0.39 is 0 Å². The summed E-state index contributed by atoms with van der Waals surface area (Å²) in [5.74, 6) is -0.952. The summed E-state index contributed by atoms with van der Waals surface area (Å²) in [5, 5.41) is 2.85. The molecule has 1 N–H and O–H groups in total. The molecule has 6 nitrogen and oxygen atoms in total. The van der Waals surface area contributed by atoms with Crippen molar-refractivity contribution in [3.05, 3.63) is 70.3 Å². The number of hydrogen-bond donors (Lipinski definition) is 1. The zero-order valence-corrected chi connectivity index (χ0v) is 15.7. The predicted molar refractivity (Wildman–Crippen MR) is 103 cm³/mol. The summed E-state index contributed by atoms with van der Waals surface area (Å²) in [5.41, 5.74) is 3.15. The monoisotopic (exact) mass is 378 g/mol. The summed E-state index contributed by atoms with van der Waals surface area (Å²) in [6, 6.07) is 12.6. The molecule has 28 heavy (non-hydrogen) atoms. The van der Waals surface area contributed by atoms with Gasteiger partial charge in [-0.15, -0.1) is 0 Å². The van der Waals surface area contributed by atoms with Crippen LogP contribution in [-0.4, -0.2) is 41.9 Å². The van der Waals surface area contributed by atoms with Crippen molar-refractivity contribution in [1.82, 2.24) is 10.2 Å². The Bertz CT molecular complexity index is 930. The Balaban J connectivity index is 1.46. The fourth-order valence-corrected chi connectivity index (χ4v) is 3.58. The van der Waals surface area contributed by atoms with E-state index in [-0.39, 0.29) is 35.9 Å². The van der Waals surface area contributed by atoms with Crippen LogP contribution in [0.25, 0.3) is 0 Å². The predicted octanol–water partition coefficient (Wildman–Crippen LogP) is 2.70. The lowest BCUT2D eigenvalue weighted by Crippen LogP contribution is -2.36. The van der Waals surface area contributed by atoms with Gasteiger partial charge < -0.3 is 10.1 Å². The second-order valence-electron chi connectivity index (χ2n) is 7.28. The first-order valence-corrected chi connectivity index (χ1v) is 9.48. The van der Waals surface area contributed by atoms with Crippen LogP contribution in [-0.2, 0) is 11.3 Å². The van der Waals surface area contributed by atoms with Gasteiger partial charge in [-0.3, -0.25) is 19.3 Å². The summed E-state index contributed by atoms with van der Waals surface area (Å²) < 4.78 is 5.54. The summed E-state index contributed by atoms with van der Waals surface area (Å²) >= 11 is 0. The SMILES string of the molecule is Cc1ccc(CNC(=O)c2ccc3c(c2)C(=O)N(CC2CCCO2)C3=O)cc1. The molecule has 3 amide bonds. The summed E-state index contributed by atoms with van der Waals surface area (Å²) in [4.78, 5) is 39.0. The highest BCUT2D eigenvalue weighted by molar-refractivity contribution is 6.22. The van der Waals surface area contributed by atoms with E-state index in [0.717, 1.165) is 24.0 Å². The van der Waals surface area contributed by atoms with Gasteiger partial charge in [0.05, 0.1) is 23.8 Å². The van der Waals surface area contributed by atoms with Gasteiger partial charge in [0, 0.05) is 18.7 Å². The summed E-state index contributed by atoms with van der Waals surface area (Å²) in [6.45, 7) is 3.34. The number of ether oxygens (including phenoxy) is 1. The Kier molecular flexibility index (Phi) is 4.96. The maximum Gasteiger partial charge on any atom is 0.261 e. The normalized spacial score (nSPS) is 18.5. The molecule has 0 spiro atoms. The van der Waals surface area contributed by atoms with Crippen LogP contribution < -0.4 is 5.32 Å². The maximum atomic E-state index is 12.7. The first-order valence-electron chi connectivity index (χ1n) is 9.48. The van der Waals surface area contributed by atoms with E-state index in [9.17, 15) is 14.4 Å². The summed E-state index contributed by atoms with van der Waals surface area (Å²) in [7, 11) is 0. The molecular formula is C22H22N2O4. The number of benzene rings is 2. The molecule has 0 aliphatic carbocycles. The quantitative estimate of drug-likeness (QED) is 0.812. The van der Waals surface area contributed by atoms with E-state index in [0.29, 0.717) is 24.3 Å². The maximum absolute atomic E-state index is 12.7. The minimum Gasteiger partial charge on any atom is -0.376 e. The molecule has 1 saturated heterocycles. The van der Waals surface area contributed by atoms with Gasteiger partial charge in [0.1, 0.15) is 0 Å². The number of imide groups is 1. The highest BCUT2D eigenvalue weighted by Crippen LogP contribution is 2.26. The standard InChI is InChI=1S/C22H22N2O4/c1-14-4-6-15(7-5-14)12-23-20(25)16-8-9-18-19(11-16)22(27)24(21(18)26)13-17-3-2-10-28-17/h4-9,11,17H,2-3,10,12-13H2,1H3,(H,23,25). The van der Waals surface area contributed by atoms with Crippen molar-refractivity contribution in [3.8, 4) is 0 Å². The summed E-state index contributed by atoms with van der Waals surface area (Å²) in [6.07, 6.45) is 1.69. The molecule has 2 aromatic carbocycles. The molecule has 2 aliphatic heterocycles. The number of rotatable bonds is 5. The van der Waals surface area contributed by atoms with E-state index in [1.165, 1.54) is 11.0 Å². The van der Waals surface area contributed by atoms with Crippen molar-refractivity contribution in [2.75, 3.05) is 13.2 Å². The van der Waals surface area contributed by atoms with Gasteiger partial charge in [-0.05, 0) is 43.5 Å². The molecular weight excluding hydrogens is 356 g/mol. The number of carbonyl (C=O) groups is 3. The van der Waals surface area contributed by atoms with Crippen molar-refractivity contribution < 1.29 is 19.1 Å². The van der Waals surface area contributed by atoms with Crippen LogP contribution in [0.4, 0.5) is 0 Å². The third-order valence-corrected chi connectivity index (χ3v) is 5.22. The second-order valence-corrected chi connectivity index (χ2v) is 7.28. The number of fused-ring (bicyclic) bond motifs is 1. The Hall–Kier alpha value is -2.99. The van der Waals surface area contributed by atoms with Crippen LogP contribution in [0.15, 0.2) is 42.5 Å². The third-order valence-electron chi connectivity index (χ3n) is 5.22. The molecule has 6 heteroatoms. The van der Waals surface area contributed by atoms with Crippen molar-refractivity contribution >= 4 is 17.7 Å². The molecule has 144 valence electrons. The van der Waals surface area contributed by atoms with Crippen molar-refractivity contribution in [2.45, 2.75) is 32.4 Å². The molecule has 1 atom stereocenters. The topological polar surface area (TPSA) is 75.7 Å². The smallest absolute Gasteiger partial charge is 0.261 e. The molecule has 1 fully saturated rings. The number of nitrogens with zero attached hydrogens (tertiary/aromatic N) is 1. The first-order chi connectivity index (χ1) is 13.5. The Labute approximate surface area is 163 Å². The van der Waals surface area contributed by atoms with Gasteiger partial charge in [-0.1, -0.05) is 29.8 Å². The molecule has 2 heterocycles. The fourth-order valence-electron chi connectivity index (χ4n) is 3.58. The zero-order valence-electron chi connectivity index (χ0n) is 15.7. The Morgan fingerprint density at radius 3 is 2.57 bits per heavy atom. The third kappa shape index (κ3) is 3.55. The van der Waals surface area contributed by atoms with E-state index in [1.54, 1.807) is 12.1 Å². The first kappa shape index (κ1) is 18.4. The largest absolute Gasteiger partial charge is 0.376 e. The Morgan fingerprint density at radius 2 is 1.86 bits per heavy atom. The molecule has 1 unspecified atom stereocenters. The average Bonchev–Trinajstić information content (AvgIpc) is 3.30. The van der Waals surface area contributed by atoms with Crippen molar-refractivity contribution in [1.29, 1.82) is 0 Å². The van der Waals surface area contributed by atoms with Crippen LogP contribution in [0.1, 0.15) is 55.0 Å². The van der Waals surface area contributed by atoms with Gasteiger partial charge >= 0.3 is 0 Å². The van der Waals surface area contributed by atoms with Gasteiger partial charge in [0.15, 0.2) is 0 Å². The molecule has 2 aliphatic rings. The number of hydrogen-bond acceptors (Lipinski definition) is 4. The highest BCUT2D eigenvalue weighted by atomic mass is 16.5. The molecule has 0 saturated carbocycles. The van der Waals surface area contributed by atoms with Gasteiger partial charge in [0.2, 0.25) is 0 Å². The van der Waals surface area contributed by atoms with Crippen LogP contribution in [0.5, 0.6) is 0 Å². The number of aryl methyl sites for hydroxylation is 1. The number of amides is 3. The lowest BCUT2D eigenvalue weighted by molar-refractivity contribution is 0.0475. The molecule has 0 radical (unpaired) electrons. The van der Waals surface area contributed by atoms with Crippen LogP contribution >= 0.6 is 0 Å². The van der Waals surface area contributed by atoms with E-state index in [4.69, 9.17) is 4.74 Å². The fraction of sp³-hybridized carbons (Fsp3) is 0.318. The average molecular weight is 378 g/mol. The lowest BCUT2D eigenvalue weighted by atomic mass is 10.1. The van der Waals surface area contributed by atoms with Crippen LogP contribution in [0, 0.1) is 6.92 Å². The Morgan fingerprint density at radius 1 is 1.11 bits per heavy atom. The van der Waals surface area contributed by atoms with Crippen molar-refractivity contribution in [3.63, 3.8) is 0 Å². The van der Waals surface area contributed by atoms with E-state index in [1.807, 2.05) is 31.2 Å². The van der Waals surface area contributed by atoms with Gasteiger partial charge in [-0.25, -0.2) is 0 Å². The van der Waals surface area contributed by atoms with Gasteiger partial charge in [0.25, 0.3) is 17.7 Å². The number of nitrogens with one attached hydrogen (secondary N) is 1. The van der Waals surface area contributed by atoms with E-state index >= 15 is 0 Å². The van der Waals surface area contributed by atoms with Crippen LogP contribution in [0.3, 0.4) is 0 Å². The lowest BCUT2D eigenvalue weighted by Gasteiger charge is -2.17. The second kappa shape index (κ2) is 7.56. The minimum atomic E-state index is -0.358. The minimum absolute atomic E-state index is 0.0977. The van der Waals surface area contributed by atoms with Crippen LogP contribution in [0.2, 0.25) is 0 Å². The molecule has 0 bridgehead atoms.